The maximum atomic E-state index is 12.8. The fourth-order valence-corrected chi connectivity index (χ4v) is 4.01. The van der Waals surface area contributed by atoms with Gasteiger partial charge in [0.15, 0.2) is 15.8 Å². The lowest BCUT2D eigenvalue weighted by Crippen LogP contribution is -2.27. The summed E-state index contributed by atoms with van der Waals surface area (Å²) in [5, 5.41) is 0. The van der Waals surface area contributed by atoms with Gasteiger partial charge in [-0.2, -0.15) is 0 Å². The minimum Gasteiger partial charge on any atom is -0.454 e. The van der Waals surface area contributed by atoms with Crippen LogP contribution in [0.5, 0.6) is 11.5 Å². The summed E-state index contributed by atoms with van der Waals surface area (Å²) in [6.45, 7) is 4.30. The summed E-state index contributed by atoms with van der Waals surface area (Å²) >= 11 is 6.74. The van der Waals surface area contributed by atoms with E-state index in [9.17, 15) is 4.79 Å². The molecule has 1 saturated heterocycles. The summed E-state index contributed by atoms with van der Waals surface area (Å²) in [4.78, 5) is 15.0. The van der Waals surface area contributed by atoms with E-state index in [1.165, 1.54) is 17.3 Å². The molecule has 6 heteroatoms. The molecule has 126 valence electrons. The Morgan fingerprint density at radius 1 is 1.08 bits per heavy atom. The highest BCUT2D eigenvalue weighted by Gasteiger charge is 2.33. The van der Waals surface area contributed by atoms with Gasteiger partial charge in [0.1, 0.15) is 0 Å². The molecule has 4 nitrogen and oxygen atoms in total. The van der Waals surface area contributed by atoms with Crippen LogP contribution in [0, 0.1) is 13.8 Å². The normalized spacial score (nSPS) is 17.7. The van der Waals surface area contributed by atoms with Crippen LogP contribution in [-0.4, -0.2) is 17.0 Å². The van der Waals surface area contributed by atoms with Gasteiger partial charge < -0.3 is 9.47 Å². The quantitative estimate of drug-likeness (QED) is 0.578. The highest BCUT2D eigenvalue weighted by Crippen LogP contribution is 2.38. The van der Waals surface area contributed by atoms with Crippen LogP contribution in [0.2, 0.25) is 0 Å². The molecule has 1 amide bonds. The van der Waals surface area contributed by atoms with Crippen LogP contribution in [0.15, 0.2) is 41.3 Å². The van der Waals surface area contributed by atoms with Crippen molar-refractivity contribution in [3.05, 3.63) is 58.0 Å². The number of thioether (sulfide) groups is 1. The number of fused-ring (bicyclic) bond motifs is 1. The Kier molecular flexibility index (Phi) is 4.01. The zero-order valence-corrected chi connectivity index (χ0v) is 15.4. The van der Waals surface area contributed by atoms with Crippen LogP contribution in [0.25, 0.3) is 6.08 Å². The van der Waals surface area contributed by atoms with Gasteiger partial charge in [-0.05, 0) is 60.9 Å². The van der Waals surface area contributed by atoms with Gasteiger partial charge in [-0.3, -0.25) is 9.69 Å². The standard InChI is InChI=1S/C19H15NO3S2/c1-11-3-5-14(7-12(11)2)20-18(21)17(25-19(20)24)9-13-4-6-15-16(8-13)23-10-22-15/h3-9H,10H2,1-2H3/b17-9+. The Balaban J connectivity index is 1.65. The zero-order valence-electron chi connectivity index (χ0n) is 13.7. The first-order valence-electron chi connectivity index (χ1n) is 7.78. The number of carbonyl (C=O) groups is 1. The fraction of sp³-hybridized carbons (Fsp3) is 0.158. The van der Waals surface area contributed by atoms with Gasteiger partial charge in [-0.25, -0.2) is 0 Å². The average molecular weight is 369 g/mol. The smallest absolute Gasteiger partial charge is 0.270 e. The number of anilines is 1. The predicted octanol–water partition coefficient (Wildman–Crippen LogP) is 4.44. The summed E-state index contributed by atoms with van der Waals surface area (Å²) in [6.07, 6.45) is 1.84. The number of benzene rings is 2. The number of hydrogen-bond acceptors (Lipinski definition) is 5. The topological polar surface area (TPSA) is 38.8 Å². The van der Waals surface area contributed by atoms with E-state index in [2.05, 4.69) is 0 Å². The van der Waals surface area contributed by atoms with E-state index in [4.69, 9.17) is 21.7 Å². The molecule has 4 rings (SSSR count). The minimum absolute atomic E-state index is 0.101. The average Bonchev–Trinajstić information content (AvgIpc) is 3.15. The van der Waals surface area contributed by atoms with Crippen LogP contribution < -0.4 is 14.4 Å². The summed E-state index contributed by atoms with van der Waals surface area (Å²) in [6, 6.07) is 11.5. The van der Waals surface area contributed by atoms with Crippen molar-refractivity contribution < 1.29 is 14.3 Å². The molecular weight excluding hydrogens is 354 g/mol. The van der Waals surface area contributed by atoms with Gasteiger partial charge in [0.05, 0.1) is 10.6 Å². The van der Waals surface area contributed by atoms with E-state index < -0.39 is 0 Å². The lowest BCUT2D eigenvalue weighted by Gasteiger charge is -2.15. The molecular formula is C19H15NO3S2. The molecule has 1 fully saturated rings. The first kappa shape index (κ1) is 16.2. The van der Waals surface area contributed by atoms with Crippen LogP contribution in [0.3, 0.4) is 0 Å². The molecule has 0 spiro atoms. The van der Waals surface area contributed by atoms with Gasteiger partial charge in [0.2, 0.25) is 6.79 Å². The van der Waals surface area contributed by atoms with E-state index >= 15 is 0 Å². The van der Waals surface area contributed by atoms with Gasteiger partial charge in [0, 0.05) is 0 Å². The second-order valence-electron chi connectivity index (χ2n) is 5.90. The molecule has 2 heterocycles. The van der Waals surface area contributed by atoms with Crippen molar-refractivity contribution in [1.29, 1.82) is 0 Å². The minimum atomic E-state index is -0.101. The molecule has 0 N–H and O–H groups in total. The van der Waals surface area contributed by atoms with Crippen molar-refractivity contribution in [3.63, 3.8) is 0 Å². The first-order valence-corrected chi connectivity index (χ1v) is 9.00. The van der Waals surface area contributed by atoms with Gasteiger partial charge in [-0.15, -0.1) is 0 Å². The molecule has 0 unspecified atom stereocenters. The van der Waals surface area contributed by atoms with Crippen molar-refractivity contribution in [2.24, 2.45) is 0 Å². The van der Waals surface area contributed by atoms with Crippen molar-refractivity contribution in [3.8, 4) is 11.5 Å². The van der Waals surface area contributed by atoms with Crippen LogP contribution >= 0.6 is 24.0 Å². The molecule has 25 heavy (non-hydrogen) atoms. The maximum absolute atomic E-state index is 12.8. The van der Waals surface area contributed by atoms with Crippen molar-refractivity contribution in [2.45, 2.75) is 13.8 Å². The number of aryl methyl sites for hydroxylation is 2. The summed E-state index contributed by atoms with van der Waals surface area (Å²) in [5.41, 5.74) is 4.00. The molecule has 0 saturated carbocycles. The molecule has 0 aliphatic carbocycles. The largest absolute Gasteiger partial charge is 0.454 e. The second kappa shape index (κ2) is 6.20. The Hall–Kier alpha value is -2.31. The SMILES string of the molecule is Cc1ccc(N2C(=O)/C(=C\c3ccc4c(c3)OCO4)SC2=S)cc1C. The first-order chi connectivity index (χ1) is 12.0. The Labute approximate surface area is 155 Å². The third-order valence-corrected chi connectivity index (χ3v) is 5.54. The van der Waals surface area contributed by atoms with Crippen LogP contribution in [0.4, 0.5) is 5.69 Å². The Morgan fingerprint density at radius 2 is 1.88 bits per heavy atom. The van der Waals surface area contributed by atoms with E-state index in [0.717, 1.165) is 22.6 Å². The number of nitrogens with zero attached hydrogens (tertiary/aromatic N) is 1. The summed E-state index contributed by atoms with van der Waals surface area (Å²) < 4.78 is 11.2. The van der Waals surface area contributed by atoms with E-state index in [1.54, 1.807) is 4.90 Å². The predicted molar refractivity (Wildman–Crippen MR) is 104 cm³/mol. The number of amides is 1. The van der Waals surface area contributed by atoms with Crippen molar-refractivity contribution in [1.82, 2.24) is 0 Å². The van der Waals surface area contributed by atoms with Gasteiger partial charge in [0.25, 0.3) is 5.91 Å². The Morgan fingerprint density at radius 3 is 2.68 bits per heavy atom. The van der Waals surface area contributed by atoms with Crippen molar-refractivity contribution in [2.75, 3.05) is 11.7 Å². The van der Waals surface area contributed by atoms with E-state index in [-0.39, 0.29) is 12.7 Å². The van der Waals surface area contributed by atoms with E-state index in [0.29, 0.717) is 15.0 Å². The molecule has 0 atom stereocenters. The lowest BCUT2D eigenvalue weighted by atomic mass is 10.1. The molecule has 2 aliphatic rings. The molecule has 0 bridgehead atoms. The summed E-state index contributed by atoms with van der Waals surface area (Å²) in [5.74, 6) is 1.31. The highest BCUT2D eigenvalue weighted by atomic mass is 32.2. The van der Waals surface area contributed by atoms with Gasteiger partial charge in [-0.1, -0.05) is 36.1 Å². The van der Waals surface area contributed by atoms with Crippen molar-refractivity contribution >= 4 is 46.0 Å². The number of thiocarbonyl (C=S) groups is 1. The fourth-order valence-electron chi connectivity index (χ4n) is 2.71. The van der Waals surface area contributed by atoms with Crippen LogP contribution in [0.1, 0.15) is 16.7 Å². The van der Waals surface area contributed by atoms with Gasteiger partial charge >= 0.3 is 0 Å². The third-order valence-electron chi connectivity index (χ3n) is 4.24. The highest BCUT2D eigenvalue weighted by molar-refractivity contribution is 8.27. The molecule has 0 aromatic heterocycles. The third kappa shape index (κ3) is 2.92. The second-order valence-corrected chi connectivity index (χ2v) is 7.57. The summed E-state index contributed by atoms with van der Waals surface area (Å²) in [7, 11) is 0. The number of carbonyl (C=O) groups excluding carboxylic acids is 1. The zero-order chi connectivity index (χ0) is 17.6. The number of rotatable bonds is 2. The molecule has 2 aromatic carbocycles. The van der Waals surface area contributed by atoms with Crippen LogP contribution in [-0.2, 0) is 4.79 Å². The van der Waals surface area contributed by atoms with E-state index in [1.807, 2.05) is 56.3 Å². The maximum Gasteiger partial charge on any atom is 0.270 e. The Bertz CT molecular complexity index is 936. The molecule has 2 aliphatic heterocycles. The number of hydrogen-bond donors (Lipinski definition) is 0. The lowest BCUT2D eigenvalue weighted by molar-refractivity contribution is -0.113. The number of ether oxygens (including phenoxy) is 2. The molecule has 2 aromatic rings. The molecule has 0 radical (unpaired) electrons. The monoisotopic (exact) mass is 369 g/mol.